The average Bonchev–Trinajstić information content (AvgIpc) is 3.07. The fourth-order valence-electron chi connectivity index (χ4n) is 2.76. The van der Waals surface area contributed by atoms with E-state index in [1.807, 2.05) is 6.92 Å². The van der Waals surface area contributed by atoms with Gasteiger partial charge in [-0.15, -0.1) is 10.2 Å². The fourth-order valence-corrected chi connectivity index (χ4v) is 3.01. The van der Waals surface area contributed by atoms with Crippen LogP contribution in [-0.2, 0) is 7.05 Å². The number of rotatable bonds is 4. The average molecular weight is 399 g/mol. The van der Waals surface area contributed by atoms with Gasteiger partial charge in [0.1, 0.15) is 29.4 Å². The predicted octanol–water partition coefficient (Wildman–Crippen LogP) is 1.31. The van der Waals surface area contributed by atoms with Crippen LogP contribution < -0.4 is 16.6 Å². The molecule has 1 unspecified atom stereocenters. The highest BCUT2D eigenvalue weighted by Gasteiger charge is 2.20. The first-order valence-corrected chi connectivity index (χ1v) is 8.61. The van der Waals surface area contributed by atoms with Gasteiger partial charge >= 0.3 is 0 Å². The third-order valence-electron chi connectivity index (χ3n) is 4.07. The van der Waals surface area contributed by atoms with E-state index in [2.05, 4.69) is 40.7 Å². The Morgan fingerprint density at radius 3 is 2.89 bits per heavy atom. The molecule has 142 valence electrons. The Morgan fingerprint density at radius 2 is 2.14 bits per heavy atom. The smallest absolute Gasteiger partial charge is 0.260 e. The van der Waals surface area contributed by atoms with E-state index in [4.69, 9.17) is 17.3 Å². The van der Waals surface area contributed by atoms with Crippen LogP contribution in [-0.4, -0.2) is 40.1 Å². The molecule has 1 aromatic carbocycles. The van der Waals surface area contributed by atoms with Crippen molar-refractivity contribution in [1.29, 1.82) is 0 Å². The topological polar surface area (TPSA) is 153 Å². The molecule has 12 heteroatoms. The summed E-state index contributed by atoms with van der Waals surface area (Å²) in [5.74, 6) is 1.28. The molecular weight excluding hydrogens is 384 g/mol. The molecule has 0 saturated carbocycles. The molecule has 0 radical (unpaired) electrons. The van der Waals surface area contributed by atoms with E-state index in [0.717, 1.165) is 0 Å². The van der Waals surface area contributed by atoms with Crippen LogP contribution in [0.5, 0.6) is 0 Å². The molecule has 4 aromatic rings. The Morgan fingerprint density at radius 1 is 1.32 bits per heavy atom. The highest BCUT2D eigenvalue weighted by Crippen LogP contribution is 2.29. The number of nitrogens with one attached hydrogen (secondary N) is 2. The molecule has 3 aromatic heterocycles. The van der Waals surface area contributed by atoms with Crippen LogP contribution in [0.15, 0.2) is 29.3 Å². The molecule has 0 bridgehead atoms. The Labute approximate surface area is 163 Å². The van der Waals surface area contributed by atoms with Gasteiger partial charge in [0.05, 0.1) is 29.0 Å². The Hall–Kier alpha value is -3.60. The van der Waals surface area contributed by atoms with Crippen LogP contribution in [0.2, 0.25) is 5.02 Å². The van der Waals surface area contributed by atoms with Gasteiger partial charge in [-0.25, -0.2) is 15.0 Å². The quantitative estimate of drug-likeness (QED) is 0.461. The van der Waals surface area contributed by atoms with Gasteiger partial charge in [0, 0.05) is 0 Å². The molecule has 0 fully saturated rings. The maximum absolute atomic E-state index is 12.4. The van der Waals surface area contributed by atoms with Crippen LogP contribution in [0.4, 0.5) is 11.6 Å². The molecule has 3 heterocycles. The lowest BCUT2D eigenvalue weighted by molar-refractivity contribution is 0.630. The maximum Gasteiger partial charge on any atom is 0.260 e. The number of halogens is 1. The van der Waals surface area contributed by atoms with Gasteiger partial charge in [-0.3, -0.25) is 4.79 Å². The summed E-state index contributed by atoms with van der Waals surface area (Å²) in [6.07, 6.45) is 1.32. The number of nitrogens with two attached hydrogens (primary N) is 1. The molecule has 4 rings (SSSR count). The number of H-pyrrole nitrogens is 1. The van der Waals surface area contributed by atoms with Crippen molar-refractivity contribution in [3.63, 3.8) is 0 Å². The zero-order valence-electron chi connectivity index (χ0n) is 14.9. The number of nitrogen functional groups attached to an aromatic ring is 1. The van der Waals surface area contributed by atoms with E-state index in [9.17, 15) is 4.79 Å². The lowest BCUT2D eigenvalue weighted by Crippen LogP contribution is -2.19. The molecular formula is C16H15ClN10O. The molecule has 1 atom stereocenters. The summed E-state index contributed by atoms with van der Waals surface area (Å²) in [5, 5.41) is 15.8. The Balaban J connectivity index is 1.74. The van der Waals surface area contributed by atoms with E-state index in [-0.39, 0.29) is 17.2 Å². The summed E-state index contributed by atoms with van der Waals surface area (Å²) in [5.41, 5.74) is 6.58. The van der Waals surface area contributed by atoms with E-state index >= 15 is 0 Å². The van der Waals surface area contributed by atoms with Gasteiger partial charge in [-0.2, -0.15) is 4.80 Å². The van der Waals surface area contributed by atoms with Crippen molar-refractivity contribution in [2.24, 2.45) is 7.05 Å². The summed E-state index contributed by atoms with van der Waals surface area (Å²) in [4.78, 5) is 29.2. The summed E-state index contributed by atoms with van der Waals surface area (Å²) >= 11 is 6.10. The van der Waals surface area contributed by atoms with Gasteiger partial charge in [-0.1, -0.05) is 17.7 Å². The fraction of sp³-hybridized carbons (Fsp3) is 0.188. The first-order valence-electron chi connectivity index (χ1n) is 8.24. The van der Waals surface area contributed by atoms with Gasteiger partial charge in [0.2, 0.25) is 5.82 Å². The van der Waals surface area contributed by atoms with Crippen molar-refractivity contribution >= 4 is 34.1 Å². The minimum Gasteiger partial charge on any atom is -0.383 e. The number of anilines is 2. The van der Waals surface area contributed by atoms with E-state index in [0.29, 0.717) is 33.1 Å². The number of aryl methyl sites for hydroxylation is 1. The van der Waals surface area contributed by atoms with Crippen molar-refractivity contribution in [1.82, 2.24) is 40.1 Å². The summed E-state index contributed by atoms with van der Waals surface area (Å²) in [7, 11) is 1.64. The van der Waals surface area contributed by atoms with Crippen molar-refractivity contribution < 1.29 is 0 Å². The van der Waals surface area contributed by atoms with Crippen molar-refractivity contribution in [3.05, 3.63) is 45.7 Å². The first-order chi connectivity index (χ1) is 13.4. The SMILES string of the molecule is CC(Nc1ncnc(N)c1-c1nnn(C)n1)c1nc2cccc(Cl)c2c(=O)[nH]1. The molecule has 11 nitrogen and oxygen atoms in total. The minimum absolute atomic E-state index is 0.199. The third kappa shape index (κ3) is 3.11. The number of aromatic amines is 1. The highest BCUT2D eigenvalue weighted by molar-refractivity contribution is 6.35. The van der Waals surface area contributed by atoms with Crippen LogP contribution in [0.3, 0.4) is 0 Å². The molecule has 0 aliphatic rings. The zero-order chi connectivity index (χ0) is 19.8. The number of fused-ring (bicyclic) bond motifs is 1. The normalized spacial score (nSPS) is 12.2. The summed E-state index contributed by atoms with van der Waals surface area (Å²) < 4.78 is 0. The number of hydrogen-bond acceptors (Lipinski definition) is 9. The number of hydrogen-bond donors (Lipinski definition) is 3. The summed E-state index contributed by atoms with van der Waals surface area (Å²) in [6.45, 7) is 1.82. The second-order valence-electron chi connectivity index (χ2n) is 6.04. The van der Waals surface area contributed by atoms with Crippen molar-refractivity contribution in [2.45, 2.75) is 13.0 Å². The number of tetrazole rings is 1. The number of benzene rings is 1. The molecule has 0 saturated heterocycles. The van der Waals surface area contributed by atoms with Gasteiger partial charge in [-0.05, 0) is 24.3 Å². The molecule has 0 aliphatic heterocycles. The Bertz CT molecular complexity index is 1230. The molecule has 0 spiro atoms. The minimum atomic E-state index is -0.416. The molecule has 4 N–H and O–H groups in total. The van der Waals surface area contributed by atoms with Crippen molar-refractivity contribution in [3.8, 4) is 11.4 Å². The van der Waals surface area contributed by atoms with E-state index in [1.165, 1.54) is 11.1 Å². The van der Waals surface area contributed by atoms with E-state index < -0.39 is 6.04 Å². The predicted molar refractivity (Wildman–Crippen MR) is 104 cm³/mol. The van der Waals surface area contributed by atoms with Crippen LogP contribution in [0.25, 0.3) is 22.3 Å². The number of nitrogens with zero attached hydrogens (tertiary/aromatic N) is 7. The molecule has 0 amide bonds. The molecule has 28 heavy (non-hydrogen) atoms. The second-order valence-corrected chi connectivity index (χ2v) is 6.44. The second kappa shape index (κ2) is 6.85. The van der Waals surface area contributed by atoms with Gasteiger partial charge in [0.25, 0.3) is 5.56 Å². The largest absolute Gasteiger partial charge is 0.383 e. The Kier molecular flexibility index (Phi) is 4.35. The first kappa shape index (κ1) is 17.8. The maximum atomic E-state index is 12.4. The van der Waals surface area contributed by atoms with Gasteiger partial charge in [0.15, 0.2) is 0 Å². The van der Waals surface area contributed by atoms with E-state index in [1.54, 1.807) is 25.2 Å². The lowest BCUT2D eigenvalue weighted by atomic mass is 10.2. The summed E-state index contributed by atoms with van der Waals surface area (Å²) in [6, 6.07) is 4.69. The standard InChI is InChI=1S/C16H15ClN10O/c1-7(13-22-9-5-3-4-8(17)10(9)16(28)23-13)21-14-11(12(18)19-6-20-14)15-24-26-27(2)25-15/h3-7H,1-2H3,(H,22,23,28)(H3,18,19,20,21). The highest BCUT2D eigenvalue weighted by atomic mass is 35.5. The van der Waals surface area contributed by atoms with Crippen LogP contribution >= 0.6 is 11.6 Å². The zero-order valence-corrected chi connectivity index (χ0v) is 15.6. The molecule has 0 aliphatic carbocycles. The monoisotopic (exact) mass is 398 g/mol. The van der Waals surface area contributed by atoms with Crippen LogP contribution in [0, 0.1) is 0 Å². The van der Waals surface area contributed by atoms with Gasteiger partial charge < -0.3 is 16.0 Å². The lowest BCUT2D eigenvalue weighted by Gasteiger charge is -2.16. The number of aromatic nitrogens is 8. The van der Waals surface area contributed by atoms with Crippen LogP contribution in [0.1, 0.15) is 18.8 Å². The third-order valence-corrected chi connectivity index (χ3v) is 4.39. The van der Waals surface area contributed by atoms with Crippen molar-refractivity contribution in [2.75, 3.05) is 11.1 Å².